The van der Waals surface area contributed by atoms with Crippen molar-refractivity contribution in [2.24, 2.45) is 23.7 Å². The summed E-state index contributed by atoms with van der Waals surface area (Å²) in [5, 5.41) is 22.3. The summed E-state index contributed by atoms with van der Waals surface area (Å²) in [6, 6.07) is 6.38. The molecule has 0 aromatic heterocycles. The molecule has 0 unspecified atom stereocenters. The number of benzene rings is 1. The molecule has 1 heterocycles. The van der Waals surface area contributed by atoms with Gasteiger partial charge in [0.25, 0.3) is 0 Å². The molecule has 154 valence electrons. The number of aliphatic hydroxyl groups excluding tert-OH is 1. The lowest BCUT2D eigenvalue weighted by Crippen LogP contribution is -2.58. The molecule has 0 amide bonds. The second kappa shape index (κ2) is 6.69. The van der Waals surface area contributed by atoms with Crippen LogP contribution in [0.1, 0.15) is 49.7 Å². The maximum atomic E-state index is 12.0. The molecule has 0 bridgehead atoms. The zero-order chi connectivity index (χ0) is 19.5. The van der Waals surface area contributed by atoms with Gasteiger partial charge in [-0.3, -0.25) is 0 Å². The minimum atomic E-state index is -0.829. The van der Waals surface area contributed by atoms with Crippen LogP contribution >= 0.6 is 0 Å². The molecule has 28 heavy (non-hydrogen) atoms. The Bertz CT molecular complexity index is 743. The molecule has 3 aliphatic carbocycles. The van der Waals surface area contributed by atoms with E-state index in [1.807, 2.05) is 13.0 Å². The maximum Gasteiger partial charge on any atom is 0.171 e. The Morgan fingerprint density at radius 2 is 1.96 bits per heavy atom. The van der Waals surface area contributed by atoms with Crippen LogP contribution in [-0.2, 0) is 15.9 Å². The molecule has 2 saturated carbocycles. The molecule has 2 N–H and O–H groups in total. The lowest BCUT2D eigenvalue weighted by Gasteiger charge is -2.54. The van der Waals surface area contributed by atoms with Crippen molar-refractivity contribution in [1.82, 2.24) is 0 Å². The van der Waals surface area contributed by atoms with E-state index in [1.165, 1.54) is 11.1 Å². The Morgan fingerprint density at radius 1 is 1.18 bits per heavy atom. The van der Waals surface area contributed by atoms with Gasteiger partial charge in [-0.2, -0.15) is 0 Å². The summed E-state index contributed by atoms with van der Waals surface area (Å²) in [4.78, 5) is 0. The van der Waals surface area contributed by atoms with Crippen LogP contribution in [0, 0.1) is 23.7 Å². The largest absolute Gasteiger partial charge is 0.497 e. The second-order valence-electron chi connectivity index (χ2n) is 9.38. The van der Waals surface area contributed by atoms with Crippen molar-refractivity contribution in [2.75, 3.05) is 26.9 Å². The lowest BCUT2D eigenvalue weighted by molar-refractivity contribution is -0.240. The molecule has 3 fully saturated rings. The number of hydrogen-bond acceptors (Lipinski definition) is 5. The van der Waals surface area contributed by atoms with Gasteiger partial charge in [0.05, 0.1) is 25.9 Å². The van der Waals surface area contributed by atoms with E-state index in [1.54, 1.807) is 7.11 Å². The fourth-order valence-corrected chi connectivity index (χ4v) is 7.18. The normalized spacial score (nSPS) is 41.2. The first-order chi connectivity index (χ1) is 13.5. The first kappa shape index (κ1) is 18.9. The number of rotatable bonds is 3. The Morgan fingerprint density at radius 3 is 2.68 bits per heavy atom. The molecule has 0 radical (unpaired) electrons. The predicted molar refractivity (Wildman–Crippen MR) is 104 cm³/mol. The quantitative estimate of drug-likeness (QED) is 0.833. The van der Waals surface area contributed by atoms with Gasteiger partial charge in [-0.1, -0.05) is 6.07 Å². The Hall–Kier alpha value is -1.14. The minimum absolute atomic E-state index is 0.0331. The zero-order valence-electron chi connectivity index (χ0n) is 16.9. The molecule has 1 aromatic rings. The van der Waals surface area contributed by atoms with E-state index in [9.17, 15) is 10.2 Å². The molecule has 5 rings (SSSR count). The summed E-state index contributed by atoms with van der Waals surface area (Å²) < 4.78 is 17.4. The fourth-order valence-electron chi connectivity index (χ4n) is 7.18. The number of methoxy groups -OCH3 is 1. The average molecular weight is 389 g/mol. The molecular weight excluding hydrogens is 356 g/mol. The Kier molecular flexibility index (Phi) is 4.51. The fraction of sp³-hybridized carbons (Fsp3) is 0.739. The van der Waals surface area contributed by atoms with Crippen LogP contribution in [0.15, 0.2) is 18.2 Å². The van der Waals surface area contributed by atoms with Crippen LogP contribution < -0.4 is 4.74 Å². The molecule has 0 spiro atoms. The van der Waals surface area contributed by atoms with E-state index in [0.29, 0.717) is 25.6 Å². The third kappa shape index (κ3) is 2.59. The molecule has 1 aromatic carbocycles. The minimum Gasteiger partial charge on any atom is -0.497 e. The first-order valence-corrected chi connectivity index (χ1v) is 10.8. The molecule has 4 aliphatic rings. The summed E-state index contributed by atoms with van der Waals surface area (Å²) in [6.45, 7) is 3.27. The van der Waals surface area contributed by atoms with Crippen LogP contribution in [-0.4, -0.2) is 48.5 Å². The summed E-state index contributed by atoms with van der Waals surface area (Å²) in [5.41, 5.74) is 1.86. The summed E-state index contributed by atoms with van der Waals surface area (Å²) >= 11 is 0. The van der Waals surface area contributed by atoms with Crippen LogP contribution in [0.4, 0.5) is 0 Å². The zero-order valence-corrected chi connectivity index (χ0v) is 16.9. The molecule has 5 heteroatoms. The van der Waals surface area contributed by atoms with Gasteiger partial charge in [-0.15, -0.1) is 0 Å². The predicted octanol–water partition coefficient (Wildman–Crippen LogP) is 2.87. The average Bonchev–Trinajstić information content (AvgIpc) is 3.30. The second-order valence-corrected chi connectivity index (χ2v) is 9.38. The van der Waals surface area contributed by atoms with Crippen LogP contribution in [0.3, 0.4) is 0 Å². The highest BCUT2D eigenvalue weighted by Gasteiger charge is 2.64. The third-order valence-electron chi connectivity index (χ3n) is 8.27. The lowest BCUT2D eigenvalue weighted by atomic mass is 9.54. The van der Waals surface area contributed by atoms with E-state index >= 15 is 0 Å². The number of fused-ring (bicyclic) bond motifs is 5. The molecule has 6 atom stereocenters. The SMILES string of the molecule is COc1ccc2c(c1)[C@H]1[C@@H](CO)C[C@@]3(O)[C@@H](CC[C@H]3C3(C)OCCO3)[C@@H]1CC2. The van der Waals surface area contributed by atoms with Crippen molar-refractivity contribution in [3.05, 3.63) is 29.3 Å². The van der Waals surface area contributed by atoms with Crippen molar-refractivity contribution < 1.29 is 24.4 Å². The number of aliphatic hydroxyl groups is 2. The van der Waals surface area contributed by atoms with Gasteiger partial charge in [0, 0.05) is 12.5 Å². The van der Waals surface area contributed by atoms with Crippen molar-refractivity contribution >= 4 is 0 Å². The summed E-state index contributed by atoms with van der Waals surface area (Å²) in [6.07, 6.45) is 4.63. The highest BCUT2D eigenvalue weighted by atomic mass is 16.7. The molecule has 1 aliphatic heterocycles. The van der Waals surface area contributed by atoms with Crippen LogP contribution in [0.2, 0.25) is 0 Å². The standard InChI is InChI=1S/C23H32O5/c1-22(27-9-10-28-22)20-8-7-19-17-6-4-14-3-5-16(26-2)11-18(14)21(17)15(13-24)12-23(19,20)25/h3,5,11,15,17,19-21,24-25H,4,6-10,12-13H2,1-2H3/t15-,17+,19+,20+,21+,23-/m1/s1. The molecule has 5 nitrogen and oxygen atoms in total. The Balaban J connectivity index is 1.53. The maximum absolute atomic E-state index is 12.0. The highest BCUT2D eigenvalue weighted by molar-refractivity contribution is 5.41. The molecule has 1 saturated heterocycles. The van der Waals surface area contributed by atoms with Gasteiger partial charge in [0.15, 0.2) is 5.79 Å². The Labute approximate surface area is 167 Å². The van der Waals surface area contributed by atoms with Crippen LogP contribution in [0.25, 0.3) is 0 Å². The smallest absolute Gasteiger partial charge is 0.171 e. The van der Waals surface area contributed by atoms with Crippen molar-refractivity contribution in [2.45, 2.75) is 56.3 Å². The van der Waals surface area contributed by atoms with E-state index in [0.717, 1.165) is 31.4 Å². The summed E-state index contributed by atoms with van der Waals surface area (Å²) in [7, 11) is 1.70. The monoisotopic (exact) mass is 388 g/mol. The van der Waals surface area contributed by atoms with Gasteiger partial charge in [-0.05, 0) is 86.0 Å². The van der Waals surface area contributed by atoms with Gasteiger partial charge in [0.1, 0.15) is 5.75 Å². The van der Waals surface area contributed by atoms with Crippen molar-refractivity contribution in [3.8, 4) is 5.75 Å². The topological polar surface area (TPSA) is 68.2 Å². The van der Waals surface area contributed by atoms with Gasteiger partial charge in [-0.25, -0.2) is 0 Å². The third-order valence-corrected chi connectivity index (χ3v) is 8.27. The van der Waals surface area contributed by atoms with Gasteiger partial charge < -0.3 is 24.4 Å². The van der Waals surface area contributed by atoms with Gasteiger partial charge >= 0.3 is 0 Å². The highest BCUT2D eigenvalue weighted by Crippen LogP contribution is 2.63. The van der Waals surface area contributed by atoms with Crippen molar-refractivity contribution in [3.63, 3.8) is 0 Å². The van der Waals surface area contributed by atoms with Crippen molar-refractivity contribution in [1.29, 1.82) is 0 Å². The first-order valence-electron chi connectivity index (χ1n) is 10.8. The summed E-state index contributed by atoms with van der Waals surface area (Å²) in [5.74, 6) is 1.08. The molecular formula is C23H32O5. The van der Waals surface area contributed by atoms with Gasteiger partial charge in [0.2, 0.25) is 0 Å². The number of aryl methyl sites for hydroxylation is 1. The van der Waals surface area contributed by atoms with E-state index in [4.69, 9.17) is 14.2 Å². The van der Waals surface area contributed by atoms with E-state index in [-0.39, 0.29) is 30.3 Å². The van der Waals surface area contributed by atoms with Crippen LogP contribution in [0.5, 0.6) is 5.75 Å². The number of hydrogen-bond donors (Lipinski definition) is 2. The van der Waals surface area contributed by atoms with E-state index in [2.05, 4.69) is 12.1 Å². The number of ether oxygens (including phenoxy) is 3. The van der Waals surface area contributed by atoms with E-state index < -0.39 is 11.4 Å².